The smallest absolute Gasteiger partial charge is 0.0582 e. The highest BCUT2D eigenvalue weighted by molar-refractivity contribution is 6.16. The molecule has 9 rings (SSSR count). The van der Waals surface area contributed by atoms with Crippen molar-refractivity contribution < 1.29 is 0 Å². The molecule has 0 radical (unpaired) electrons. The summed E-state index contributed by atoms with van der Waals surface area (Å²) in [4.78, 5) is 0. The largest absolute Gasteiger partial charge is 0.309 e. The fourth-order valence-electron chi connectivity index (χ4n) is 7.85. The summed E-state index contributed by atoms with van der Waals surface area (Å²) in [5.74, 6) is 0. The van der Waals surface area contributed by atoms with Gasteiger partial charge in [0.2, 0.25) is 0 Å². The number of fused-ring (bicyclic) bond motifs is 8. The highest BCUT2D eigenvalue weighted by atomic mass is 15.0. The first-order valence-corrected chi connectivity index (χ1v) is 15.1. The van der Waals surface area contributed by atoms with Gasteiger partial charge >= 0.3 is 0 Å². The SMILES string of the molecule is CC1(C)c2ccccc2-n2c3ccc(C4=C(c5cc6ccccc6c6ccccc56)CCC=C4)cc3c3cccc1c32. The lowest BCUT2D eigenvalue weighted by atomic mass is 9.75. The number of allylic oxidation sites excluding steroid dienone is 4. The molecule has 1 aliphatic heterocycles. The van der Waals surface area contributed by atoms with Gasteiger partial charge < -0.3 is 4.57 Å². The van der Waals surface area contributed by atoms with Crippen LogP contribution in [0.15, 0.2) is 127 Å². The number of hydrogen-bond donors (Lipinski definition) is 0. The first-order chi connectivity index (χ1) is 20.6. The number of aromatic nitrogens is 1. The van der Waals surface area contributed by atoms with Gasteiger partial charge in [0.25, 0.3) is 0 Å². The maximum Gasteiger partial charge on any atom is 0.0582 e. The van der Waals surface area contributed by atoms with Crippen molar-refractivity contribution >= 4 is 54.5 Å². The second kappa shape index (κ2) is 8.57. The van der Waals surface area contributed by atoms with E-state index in [1.54, 1.807) is 0 Å². The van der Waals surface area contributed by atoms with Crippen LogP contribution in [0.1, 0.15) is 48.9 Å². The van der Waals surface area contributed by atoms with Crippen molar-refractivity contribution in [1.29, 1.82) is 0 Å². The van der Waals surface area contributed by atoms with Gasteiger partial charge in [0, 0.05) is 16.2 Å². The minimum atomic E-state index is -0.0533. The van der Waals surface area contributed by atoms with E-state index in [0.29, 0.717) is 0 Å². The summed E-state index contributed by atoms with van der Waals surface area (Å²) >= 11 is 0. The van der Waals surface area contributed by atoms with Crippen LogP contribution in [0.25, 0.3) is 60.2 Å². The van der Waals surface area contributed by atoms with Crippen molar-refractivity contribution in [3.05, 3.63) is 150 Å². The Hall–Kier alpha value is -4.88. The molecule has 0 saturated heterocycles. The molecule has 1 heteroatoms. The van der Waals surface area contributed by atoms with E-state index in [2.05, 4.69) is 146 Å². The fraction of sp³-hybridized carbons (Fsp3) is 0.122. The number of benzene rings is 6. The van der Waals surface area contributed by atoms with Crippen LogP contribution in [0, 0.1) is 0 Å². The van der Waals surface area contributed by atoms with Crippen LogP contribution in [0.4, 0.5) is 0 Å². The van der Waals surface area contributed by atoms with Crippen molar-refractivity contribution in [3.63, 3.8) is 0 Å². The zero-order chi connectivity index (χ0) is 28.0. The van der Waals surface area contributed by atoms with Crippen LogP contribution >= 0.6 is 0 Å². The van der Waals surface area contributed by atoms with E-state index in [9.17, 15) is 0 Å². The number of hydrogen-bond acceptors (Lipinski definition) is 0. The zero-order valence-electron chi connectivity index (χ0n) is 24.0. The molecule has 2 aliphatic rings. The molecular formula is C41H31N. The van der Waals surface area contributed by atoms with Gasteiger partial charge in [-0.25, -0.2) is 0 Å². The number of rotatable bonds is 2. The molecule has 0 bridgehead atoms. The average molecular weight is 538 g/mol. The minimum absolute atomic E-state index is 0.0533. The van der Waals surface area contributed by atoms with E-state index in [1.807, 2.05) is 0 Å². The maximum atomic E-state index is 2.51. The summed E-state index contributed by atoms with van der Waals surface area (Å²) in [5.41, 5.74) is 12.1. The van der Waals surface area contributed by atoms with Crippen LogP contribution in [0.3, 0.4) is 0 Å². The monoisotopic (exact) mass is 537 g/mol. The predicted molar refractivity (Wildman–Crippen MR) is 180 cm³/mol. The molecule has 0 saturated carbocycles. The van der Waals surface area contributed by atoms with Gasteiger partial charge in [-0.3, -0.25) is 0 Å². The molecule has 1 aromatic heterocycles. The molecule has 1 aliphatic carbocycles. The Morgan fingerprint density at radius 3 is 2.26 bits per heavy atom. The third-order valence-corrected chi connectivity index (χ3v) is 9.85. The lowest BCUT2D eigenvalue weighted by Gasteiger charge is -2.34. The molecule has 200 valence electrons. The lowest BCUT2D eigenvalue weighted by Crippen LogP contribution is -2.26. The quantitative estimate of drug-likeness (QED) is 0.193. The van der Waals surface area contributed by atoms with Crippen molar-refractivity contribution in [2.75, 3.05) is 0 Å². The van der Waals surface area contributed by atoms with Crippen LogP contribution in [0.5, 0.6) is 0 Å². The van der Waals surface area contributed by atoms with Crippen molar-refractivity contribution in [1.82, 2.24) is 4.57 Å². The van der Waals surface area contributed by atoms with Crippen LogP contribution in [-0.2, 0) is 5.41 Å². The first kappa shape index (κ1) is 23.8. The van der Waals surface area contributed by atoms with Gasteiger partial charge in [-0.15, -0.1) is 0 Å². The van der Waals surface area contributed by atoms with E-state index in [-0.39, 0.29) is 5.41 Å². The molecule has 0 N–H and O–H groups in total. The third-order valence-electron chi connectivity index (χ3n) is 9.85. The van der Waals surface area contributed by atoms with Gasteiger partial charge in [0.05, 0.1) is 16.7 Å². The van der Waals surface area contributed by atoms with Gasteiger partial charge in [-0.2, -0.15) is 0 Å². The average Bonchev–Trinajstić information content (AvgIpc) is 3.38. The molecular weight excluding hydrogens is 506 g/mol. The summed E-state index contributed by atoms with van der Waals surface area (Å²) in [6.07, 6.45) is 6.82. The Kier molecular flexibility index (Phi) is 4.85. The van der Waals surface area contributed by atoms with E-state index in [1.165, 1.54) is 82.4 Å². The molecule has 6 aromatic carbocycles. The Bertz CT molecular complexity index is 2320. The Balaban J connectivity index is 1.34. The van der Waals surface area contributed by atoms with Gasteiger partial charge in [0.15, 0.2) is 0 Å². The second-order valence-electron chi connectivity index (χ2n) is 12.4. The molecule has 7 aromatic rings. The van der Waals surface area contributed by atoms with Gasteiger partial charge in [-0.05, 0) is 92.1 Å². The highest BCUT2D eigenvalue weighted by Gasteiger charge is 2.34. The van der Waals surface area contributed by atoms with E-state index in [4.69, 9.17) is 0 Å². The first-order valence-electron chi connectivity index (χ1n) is 15.1. The summed E-state index contributed by atoms with van der Waals surface area (Å²) in [7, 11) is 0. The molecule has 0 amide bonds. The second-order valence-corrected chi connectivity index (χ2v) is 12.4. The van der Waals surface area contributed by atoms with E-state index < -0.39 is 0 Å². The predicted octanol–water partition coefficient (Wildman–Crippen LogP) is 11.0. The van der Waals surface area contributed by atoms with Crippen LogP contribution in [-0.4, -0.2) is 4.57 Å². The van der Waals surface area contributed by atoms with Crippen LogP contribution in [0.2, 0.25) is 0 Å². The highest BCUT2D eigenvalue weighted by Crippen LogP contribution is 2.48. The molecule has 42 heavy (non-hydrogen) atoms. The fourth-order valence-corrected chi connectivity index (χ4v) is 7.85. The number of nitrogens with zero attached hydrogens (tertiary/aromatic N) is 1. The van der Waals surface area contributed by atoms with Crippen molar-refractivity contribution in [3.8, 4) is 5.69 Å². The van der Waals surface area contributed by atoms with Gasteiger partial charge in [0.1, 0.15) is 0 Å². The normalized spacial score (nSPS) is 15.7. The van der Waals surface area contributed by atoms with Gasteiger partial charge in [-0.1, -0.05) is 117 Å². The minimum Gasteiger partial charge on any atom is -0.309 e. The van der Waals surface area contributed by atoms with Crippen molar-refractivity contribution in [2.45, 2.75) is 32.1 Å². The number of para-hydroxylation sites is 2. The molecule has 0 fully saturated rings. The Morgan fingerprint density at radius 2 is 1.36 bits per heavy atom. The molecule has 1 nitrogen and oxygen atoms in total. The summed E-state index contributed by atoms with van der Waals surface area (Å²) < 4.78 is 2.51. The van der Waals surface area contributed by atoms with Crippen LogP contribution < -0.4 is 0 Å². The topological polar surface area (TPSA) is 4.93 Å². The Morgan fingerprint density at radius 1 is 0.619 bits per heavy atom. The summed E-state index contributed by atoms with van der Waals surface area (Å²) in [6, 6.07) is 43.1. The van der Waals surface area contributed by atoms with E-state index in [0.717, 1.165) is 12.8 Å². The standard InChI is InChI=1S/C41H31N/c1-41(2)36-19-9-10-21-39(36)42-38-23-22-27(25-35(38)33-18-11-20-37(41)40(33)42)29-14-5-6-16-31(29)34-24-26-12-3-4-13-28(26)30-15-7-8-17-32(30)34/h3-5,7-15,17-25H,6,16H2,1-2H3. The molecule has 2 heterocycles. The zero-order valence-corrected chi connectivity index (χ0v) is 24.0. The van der Waals surface area contributed by atoms with Crippen molar-refractivity contribution in [2.24, 2.45) is 0 Å². The molecule has 0 spiro atoms. The maximum absolute atomic E-state index is 2.51. The molecule has 0 atom stereocenters. The summed E-state index contributed by atoms with van der Waals surface area (Å²) in [5, 5.41) is 7.96. The van der Waals surface area contributed by atoms with E-state index >= 15 is 0 Å². The lowest BCUT2D eigenvalue weighted by molar-refractivity contribution is 0.630. The summed E-state index contributed by atoms with van der Waals surface area (Å²) in [6.45, 7) is 4.73. The Labute approximate surface area is 246 Å². The third kappa shape index (κ3) is 3.14. The molecule has 0 unspecified atom stereocenters.